The summed E-state index contributed by atoms with van der Waals surface area (Å²) in [5, 5.41) is 0. The minimum Gasteiger partial charge on any atom is -0.294 e. The molecule has 2 nitrogen and oxygen atoms in total. The summed E-state index contributed by atoms with van der Waals surface area (Å²) in [6, 6.07) is 4.52. The summed E-state index contributed by atoms with van der Waals surface area (Å²) in [5.74, 6) is -1.87. The van der Waals surface area contributed by atoms with Crippen molar-refractivity contribution in [1.29, 1.82) is 0 Å². The largest absolute Gasteiger partial charge is 0.294 e. The molecular formula is C13H8BrF2NO. The van der Waals surface area contributed by atoms with Gasteiger partial charge in [0.15, 0.2) is 5.78 Å². The molecule has 5 heteroatoms. The Morgan fingerprint density at radius 3 is 2.39 bits per heavy atom. The standard InChI is InChI=1S/C13H8BrF2NO/c14-10-1-8(6-17-7-10)2-13(18)9-3-11(15)5-12(16)4-9/h1,3-7H,2H2. The van der Waals surface area contributed by atoms with E-state index in [0.717, 1.165) is 22.7 Å². The van der Waals surface area contributed by atoms with Crippen LogP contribution in [0.15, 0.2) is 41.1 Å². The Bertz CT molecular complexity index is 581. The molecule has 0 unspecified atom stereocenters. The number of hydrogen-bond donors (Lipinski definition) is 0. The second-order valence-electron chi connectivity index (χ2n) is 3.77. The molecule has 2 aromatic rings. The first-order chi connectivity index (χ1) is 8.54. The van der Waals surface area contributed by atoms with Gasteiger partial charge >= 0.3 is 0 Å². The predicted octanol–water partition coefficient (Wildman–Crippen LogP) is 3.55. The molecule has 18 heavy (non-hydrogen) atoms. The number of ketones is 1. The van der Waals surface area contributed by atoms with Gasteiger partial charge in [0.1, 0.15) is 11.6 Å². The molecule has 0 N–H and O–H groups in total. The fraction of sp³-hybridized carbons (Fsp3) is 0.0769. The topological polar surface area (TPSA) is 30.0 Å². The van der Waals surface area contributed by atoms with Gasteiger partial charge in [-0.1, -0.05) is 0 Å². The maximum absolute atomic E-state index is 13.0. The van der Waals surface area contributed by atoms with Crippen molar-refractivity contribution in [2.75, 3.05) is 0 Å². The molecule has 2 rings (SSSR count). The molecule has 0 atom stereocenters. The van der Waals surface area contributed by atoms with Crippen molar-refractivity contribution in [3.8, 4) is 0 Å². The average molecular weight is 312 g/mol. The molecule has 0 saturated heterocycles. The zero-order valence-corrected chi connectivity index (χ0v) is 10.7. The van der Waals surface area contributed by atoms with Crippen LogP contribution in [0.4, 0.5) is 8.78 Å². The predicted molar refractivity (Wildman–Crippen MR) is 66.3 cm³/mol. The van der Waals surface area contributed by atoms with E-state index in [1.165, 1.54) is 6.20 Å². The van der Waals surface area contributed by atoms with Crippen molar-refractivity contribution in [3.05, 3.63) is 63.9 Å². The van der Waals surface area contributed by atoms with E-state index in [2.05, 4.69) is 20.9 Å². The van der Waals surface area contributed by atoms with Crippen LogP contribution >= 0.6 is 15.9 Å². The van der Waals surface area contributed by atoms with Crippen LogP contribution in [0.25, 0.3) is 0 Å². The van der Waals surface area contributed by atoms with E-state index >= 15 is 0 Å². The zero-order chi connectivity index (χ0) is 13.1. The lowest BCUT2D eigenvalue weighted by Gasteiger charge is -2.02. The van der Waals surface area contributed by atoms with Gasteiger partial charge in [-0.3, -0.25) is 9.78 Å². The molecule has 0 amide bonds. The van der Waals surface area contributed by atoms with Crippen molar-refractivity contribution >= 4 is 21.7 Å². The highest BCUT2D eigenvalue weighted by atomic mass is 79.9. The van der Waals surface area contributed by atoms with Crippen LogP contribution in [0.3, 0.4) is 0 Å². The molecule has 0 aliphatic heterocycles. The number of nitrogens with zero attached hydrogens (tertiary/aromatic N) is 1. The fourth-order valence-electron chi connectivity index (χ4n) is 1.55. The number of pyridine rings is 1. The second kappa shape index (κ2) is 5.35. The van der Waals surface area contributed by atoms with E-state index in [-0.39, 0.29) is 17.8 Å². The van der Waals surface area contributed by atoms with Crippen LogP contribution in [-0.4, -0.2) is 10.8 Å². The van der Waals surface area contributed by atoms with Gasteiger partial charge in [0, 0.05) is 34.9 Å². The number of carbonyl (C=O) groups excluding carboxylic acids is 1. The summed E-state index contributed by atoms with van der Waals surface area (Å²) < 4.78 is 26.7. The molecule has 0 spiro atoms. The van der Waals surface area contributed by atoms with Crippen LogP contribution in [0, 0.1) is 11.6 Å². The Labute approximate surface area is 111 Å². The molecule has 0 aliphatic carbocycles. The normalized spacial score (nSPS) is 10.4. The van der Waals surface area contributed by atoms with Crippen molar-refractivity contribution in [2.24, 2.45) is 0 Å². The summed E-state index contributed by atoms with van der Waals surface area (Å²) in [4.78, 5) is 15.8. The van der Waals surface area contributed by atoms with Crippen LogP contribution in [0.1, 0.15) is 15.9 Å². The molecule has 0 fully saturated rings. The van der Waals surface area contributed by atoms with Crippen molar-refractivity contribution in [1.82, 2.24) is 4.98 Å². The van der Waals surface area contributed by atoms with E-state index < -0.39 is 11.6 Å². The van der Waals surface area contributed by atoms with E-state index in [4.69, 9.17) is 0 Å². The maximum Gasteiger partial charge on any atom is 0.167 e. The lowest BCUT2D eigenvalue weighted by Crippen LogP contribution is -2.05. The van der Waals surface area contributed by atoms with Crippen LogP contribution in [-0.2, 0) is 6.42 Å². The molecule has 1 aromatic heterocycles. The summed E-state index contributed by atoms with van der Waals surface area (Å²) in [5.41, 5.74) is 0.700. The summed E-state index contributed by atoms with van der Waals surface area (Å²) in [7, 11) is 0. The molecule has 0 saturated carbocycles. The maximum atomic E-state index is 13.0. The Balaban J connectivity index is 2.22. The van der Waals surface area contributed by atoms with Gasteiger partial charge in [0.2, 0.25) is 0 Å². The Hall–Kier alpha value is -1.62. The van der Waals surface area contributed by atoms with E-state index in [1.54, 1.807) is 12.3 Å². The third kappa shape index (κ3) is 3.20. The number of halogens is 3. The third-order valence-corrected chi connectivity index (χ3v) is 2.74. The first-order valence-electron chi connectivity index (χ1n) is 5.13. The third-order valence-electron chi connectivity index (χ3n) is 2.31. The van der Waals surface area contributed by atoms with Crippen molar-refractivity contribution in [2.45, 2.75) is 6.42 Å². The summed E-state index contributed by atoms with van der Waals surface area (Å²) in [6.07, 6.45) is 3.18. The minimum absolute atomic E-state index is 0.0208. The van der Waals surface area contributed by atoms with Gasteiger partial charge in [0.25, 0.3) is 0 Å². The molecule has 0 aliphatic rings. The number of hydrogen-bond acceptors (Lipinski definition) is 2. The quantitative estimate of drug-likeness (QED) is 0.811. The average Bonchev–Trinajstić information content (AvgIpc) is 2.27. The Morgan fingerprint density at radius 1 is 1.11 bits per heavy atom. The van der Waals surface area contributed by atoms with E-state index in [1.807, 2.05) is 0 Å². The summed E-state index contributed by atoms with van der Waals surface area (Å²) >= 11 is 3.24. The molecule has 1 heterocycles. The number of Topliss-reactive ketones (excluding diaryl/α,β-unsaturated/α-hetero) is 1. The van der Waals surface area contributed by atoms with Gasteiger partial charge in [-0.05, 0) is 39.7 Å². The van der Waals surface area contributed by atoms with Crippen molar-refractivity contribution < 1.29 is 13.6 Å². The molecule has 1 aromatic carbocycles. The lowest BCUT2D eigenvalue weighted by atomic mass is 10.0. The number of rotatable bonds is 3. The van der Waals surface area contributed by atoms with Gasteiger partial charge in [-0.25, -0.2) is 8.78 Å². The second-order valence-corrected chi connectivity index (χ2v) is 4.69. The monoisotopic (exact) mass is 311 g/mol. The van der Waals surface area contributed by atoms with Crippen molar-refractivity contribution in [3.63, 3.8) is 0 Å². The highest BCUT2D eigenvalue weighted by molar-refractivity contribution is 9.10. The van der Waals surface area contributed by atoms with E-state index in [9.17, 15) is 13.6 Å². The summed E-state index contributed by atoms with van der Waals surface area (Å²) in [6.45, 7) is 0. The zero-order valence-electron chi connectivity index (χ0n) is 9.16. The van der Waals surface area contributed by atoms with E-state index in [0.29, 0.717) is 5.56 Å². The first-order valence-corrected chi connectivity index (χ1v) is 5.92. The van der Waals surface area contributed by atoms with Gasteiger partial charge in [0.05, 0.1) is 0 Å². The molecule has 92 valence electrons. The Morgan fingerprint density at radius 2 is 1.78 bits per heavy atom. The number of carbonyl (C=O) groups is 1. The highest BCUT2D eigenvalue weighted by Gasteiger charge is 2.10. The van der Waals surface area contributed by atoms with Gasteiger partial charge in [-0.2, -0.15) is 0 Å². The smallest absolute Gasteiger partial charge is 0.167 e. The lowest BCUT2D eigenvalue weighted by molar-refractivity contribution is 0.0992. The van der Waals surface area contributed by atoms with Gasteiger partial charge < -0.3 is 0 Å². The molecular weight excluding hydrogens is 304 g/mol. The Kier molecular flexibility index (Phi) is 3.81. The number of benzene rings is 1. The fourth-order valence-corrected chi connectivity index (χ4v) is 1.97. The van der Waals surface area contributed by atoms with Crippen LogP contribution in [0.5, 0.6) is 0 Å². The number of aromatic nitrogens is 1. The van der Waals surface area contributed by atoms with Crippen LogP contribution < -0.4 is 0 Å². The first kappa shape index (κ1) is 12.8. The molecule has 0 bridgehead atoms. The van der Waals surface area contributed by atoms with Gasteiger partial charge in [-0.15, -0.1) is 0 Å². The van der Waals surface area contributed by atoms with Crippen LogP contribution in [0.2, 0.25) is 0 Å². The molecule has 0 radical (unpaired) electrons. The SMILES string of the molecule is O=C(Cc1cncc(Br)c1)c1cc(F)cc(F)c1. The highest BCUT2D eigenvalue weighted by Crippen LogP contribution is 2.14. The minimum atomic E-state index is -0.759.